The maximum atomic E-state index is 12.2. The fourth-order valence-electron chi connectivity index (χ4n) is 2.14. The van der Waals surface area contributed by atoms with E-state index in [9.17, 15) is 4.79 Å². The third-order valence-electron chi connectivity index (χ3n) is 3.35. The summed E-state index contributed by atoms with van der Waals surface area (Å²) >= 11 is 3.43. The minimum absolute atomic E-state index is 0.118. The second kappa shape index (κ2) is 5.77. The number of amides is 1. The van der Waals surface area contributed by atoms with Crippen molar-refractivity contribution in [1.82, 2.24) is 5.32 Å². The van der Waals surface area contributed by atoms with Crippen LogP contribution in [0.4, 0.5) is 0 Å². The summed E-state index contributed by atoms with van der Waals surface area (Å²) in [6, 6.07) is 11.2. The first-order valence-corrected chi connectivity index (χ1v) is 7.36. The number of fused-ring (bicyclic) bond motifs is 1. The average molecular weight is 348 g/mol. The molecule has 0 fully saturated rings. The van der Waals surface area contributed by atoms with E-state index in [-0.39, 0.29) is 12.7 Å². The van der Waals surface area contributed by atoms with E-state index in [1.165, 1.54) is 0 Å². The van der Waals surface area contributed by atoms with Gasteiger partial charge in [-0.15, -0.1) is 0 Å². The Labute approximate surface area is 131 Å². The number of rotatable bonds is 3. The molecule has 3 rings (SSSR count). The van der Waals surface area contributed by atoms with Gasteiger partial charge in [-0.3, -0.25) is 4.79 Å². The second-order valence-electron chi connectivity index (χ2n) is 4.80. The van der Waals surface area contributed by atoms with E-state index in [2.05, 4.69) is 21.2 Å². The normalized spacial score (nSPS) is 12.3. The van der Waals surface area contributed by atoms with Gasteiger partial charge in [0.2, 0.25) is 6.79 Å². The molecule has 1 aliphatic heterocycles. The Hall–Kier alpha value is -2.01. The molecule has 0 spiro atoms. The fraction of sp³-hybridized carbons (Fsp3) is 0.188. The van der Waals surface area contributed by atoms with E-state index in [0.29, 0.717) is 17.9 Å². The van der Waals surface area contributed by atoms with Gasteiger partial charge in [0.1, 0.15) is 0 Å². The van der Waals surface area contributed by atoms with Gasteiger partial charge in [0.15, 0.2) is 11.5 Å². The highest BCUT2D eigenvalue weighted by Crippen LogP contribution is 2.35. The van der Waals surface area contributed by atoms with Crippen LogP contribution in [0.15, 0.2) is 40.9 Å². The summed E-state index contributed by atoms with van der Waals surface area (Å²) in [4.78, 5) is 12.2. The highest BCUT2D eigenvalue weighted by molar-refractivity contribution is 9.10. The number of halogens is 1. The van der Waals surface area contributed by atoms with Gasteiger partial charge in [-0.2, -0.15) is 0 Å². The summed E-state index contributed by atoms with van der Waals surface area (Å²) in [6.45, 7) is 2.61. The van der Waals surface area contributed by atoms with Crippen LogP contribution in [-0.4, -0.2) is 12.7 Å². The van der Waals surface area contributed by atoms with Crippen LogP contribution < -0.4 is 14.8 Å². The zero-order valence-corrected chi connectivity index (χ0v) is 13.1. The third-order valence-corrected chi connectivity index (χ3v) is 4.21. The molecule has 0 radical (unpaired) electrons. The van der Waals surface area contributed by atoms with Crippen LogP contribution in [0, 0.1) is 6.92 Å². The summed E-state index contributed by atoms with van der Waals surface area (Å²) in [5.74, 6) is 1.31. The largest absolute Gasteiger partial charge is 0.454 e. The van der Waals surface area contributed by atoms with Gasteiger partial charge in [-0.1, -0.05) is 34.1 Å². The highest BCUT2D eigenvalue weighted by atomic mass is 79.9. The Balaban J connectivity index is 1.72. The molecular formula is C16H14BrNO3. The summed E-state index contributed by atoms with van der Waals surface area (Å²) in [6.07, 6.45) is 0. The summed E-state index contributed by atoms with van der Waals surface area (Å²) in [7, 11) is 0. The van der Waals surface area contributed by atoms with Crippen molar-refractivity contribution in [1.29, 1.82) is 0 Å². The maximum Gasteiger partial charge on any atom is 0.251 e. The molecule has 0 bridgehead atoms. The van der Waals surface area contributed by atoms with Crippen molar-refractivity contribution < 1.29 is 14.3 Å². The molecular weight excluding hydrogens is 334 g/mol. The fourth-order valence-corrected chi connectivity index (χ4v) is 2.52. The lowest BCUT2D eigenvalue weighted by atomic mass is 10.1. The molecule has 0 atom stereocenters. The molecule has 108 valence electrons. The monoisotopic (exact) mass is 347 g/mol. The molecule has 4 nitrogen and oxygen atoms in total. The molecule has 0 aliphatic carbocycles. The van der Waals surface area contributed by atoms with Crippen LogP contribution in [0.3, 0.4) is 0 Å². The van der Waals surface area contributed by atoms with Crippen LogP contribution in [0.1, 0.15) is 21.5 Å². The van der Waals surface area contributed by atoms with Crippen molar-refractivity contribution in [2.45, 2.75) is 13.5 Å². The first-order valence-electron chi connectivity index (χ1n) is 6.57. The van der Waals surface area contributed by atoms with Gasteiger partial charge in [0, 0.05) is 22.1 Å². The van der Waals surface area contributed by atoms with E-state index >= 15 is 0 Å². The molecule has 2 aromatic carbocycles. The predicted molar refractivity (Wildman–Crippen MR) is 82.6 cm³/mol. The number of carbonyl (C=O) groups excluding carboxylic acids is 1. The molecule has 0 saturated heterocycles. The van der Waals surface area contributed by atoms with E-state index in [1.54, 1.807) is 0 Å². The Morgan fingerprint density at radius 2 is 2.14 bits per heavy atom. The van der Waals surface area contributed by atoms with Gasteiger partial charge in [0.05, 0.1) is 0 Å². The Kier molecular flexibility index (Phi) is 3.84. The van der Waals surface area contributed by atoms with Crippen molar-refractivity contribution in [2.24, 2.45) is 0 Å². The number of benzene rings is 2. The minimum Gasteiger partial charge on any atom is -0.454 e. The standard InChI is InChI=1S/C16H14BrNO3/c1-10-5-6-11(7-13(10)17)16(19)18-8-12-3-2-4-14-15(12)21-9-20-14/h2-7H,8-9H2,1H3,(H,18,19). The Bertz CT molecular complexity index is 700. The molecule has 0 saturated carbocycles. The van der Waals surface area contributed by atoms with E-state index < -0.39 is 0 Å². The topological polar surface area (TPSA) is 47.6 Å². The number of para-hydroxylation sites is 1. The lowest BCUT2D eigenvalue weighted by molar-refractivity contribution is 0.0950. The van der Waals surface area contributed by atoms with Crippen molar-refractivity contribution in [3.8, 4) is 11.5 Å². The van der Waals surface area contributed by atoms with E-state index in [0.717, 1.165) is 21.3 Å². The smallest absolute Gasteiger partial charge is 0.251 e. The highest BCUT2D eigenvalue weighted by Gasteiger charge is 2.17. The Morgan fingerprint density at radius 3 is 2.95 bits per heavy atom. The minimum atomic E-state index is -0.118. The molecule has 5 heteroatoms. The number of hydrogen-bond acceptors (Lipinski definition) is 3. The number of aryl methyl sites for hydroxylation is 1. The van der Waals surface area contributed by atoms with Crippen molar-refractivity contribution in [3.05, 3.63) is 57.6 Å². The molecule has 1 heterocycles. The van der Waals surface area contributed by atoms with Gasteiger partial charge < -0.3 is 14.8 Å². The predicted octanol–water partition coefficient (Wildman–Crippen LogP) is 3.42. The Morgan fingerprint density at radius 1 is 1.29 bits per heavy atom. The SMILES string of the molecule is Cc1ccc(C(=O)NCc2cccc3c2OCO3)cc1Br. The second-order valence-corrected chi connectivity index (χ2v) is 5.65. The van der Waals surface area contributed by atoms with Gasteiger partial charge in [0.25, 0.3) is 5.91 Å². The van der Waals surface area contributed by atoms with Crippen LogP contribution >= 0.6 is 15.9 Å². The van der Waals surface area contributed by atoms with Crippen LogP contribution in [-0.2, 0) is 6.54 Å². The lowest BCUT2D eigenvalue weighted by Gasteiger charge is -2.08. The summed E-state index contributed by atoms with van der Waals surface area (Å²) in [5, 5.41) is 2.90. The summed E-state index contributed by atoms with van der Waals surface area (Å²) < 4.78 is 11.7. The first kappa shape index (κ1) is 13.9. The van der Waals surface area contributed by atoms with Gasteiger partial charge in [-0.05, 0) is 30.7 Å². The van der Waals surface area contributed by atoms with Crippen molar-refractivity contribution in [2.75, 3.05) is 6.79 Å². The van der Waals surface area contributed by atoms with E-state index in [1.807, 2.05) is 43.3 Å². The first-order chi connectivity index (χ1) is 10.1. The average Bonchev–Trinajstić information content (AvgIpc) is 2.96. The van der Waals surface area contributed by atoms with Gasteiger partial charge >= 0.3 is 0 Å². The van der Waals surface area contributed by atoms with Crippen LogP contribution in [0.2, 0.25) is 0 Å². The van der Waals surface area contributed by atoms with Crippen molar-refractivity contribution in [3.63, 3.8) is 0 Å². The molecule has 21 heavy (non-hydrogen) atoms. The number of carbonyl (C=O) groups is 1. The molecule has 0 unspecified atom stereocenters. The van der Waals surface area contributed by atoms with Gasteiger partial charge in [-0.25, -0.2) is 0 Å². The molecule has 0 aromatic heterocycles. The lowest BCUT2D eigenvalue weighted by Crippen LogP contribution is -2.23. The molecule has 1 amide bonds. The quantitative estimate of drug-likeness (QED) is 0.925. The maximum absolute atomic E-state index is 12.2. The molecule has 1 N–H and O–H groups in total. The zero-order chi connectivity index (χ0) is 14.8. The van der Waals surface area contributed by atoms with E-state index in [4.69, 9.17) is 9.47 Å². The molecule has 1 aliphatic rings. The van der Waals surface area contributed by atoms with Crippen molar-refractivity contribution >= 4 is 21.8 Å². The number of hydrogen-bond donors (Lipinski definition) is 1. The summed E-state index contributed by atoms with van der Waals surface area (Å²) in [5.41, 5.74) is 2.62. The number of ether oxygens (including phenoxy) is 2. The third kappa shape index (κ3) is 2.88. The molecule has 2 aromatic rings. The van der Waals surface area contributed by atoms with Crippen LogP contribution in [0.25, 0.3) is 0 Å². The zero-order valence-electron chi connectivity index (χ0n) is 11.5. The van der Waals surface area contributed by atoms with Crippen LogP contribution in [0.5, 0.6) is 11.5 Å². The number of nitrogens with one attached hydrogen (secondary N) is 1.